The zero-order valence-electron chi connectivity index (χ0n) is 7.44. The molecular formula is C10H18O. The molecule has 2 fully saturated rings. The van der Waals surface area contributed by atoms with Gasteiger partial charge in [0.1, 0.15) is 0 Å². The first-order chi connectivity index (χ1) is 5.31. The Morgan fingerprint density at radius 2 is 1.91 bits per heavy atom. The van der Waals surface area contributed by atoms with Crippen LogP contribution in [0.25, 0.3) is 0 Å². The summed E-state index contributed by atoms with van der Waals surface area (Å²) in [5, 5.41) is 0. The fraction of sp³-hybridized carbons (Fsp3) is 1.00. The standard InChI is InChI=1S/C10H18O/c1-9-3-6-10(7-4-9)5-2-8-11-10/h9H,2-8H2,1H3/t9-,10+. The van der Waals surface area contributed by atoms with E-state index in [1.807, 2.05) is 0 Å². The fourth-order valence-corrected chi connectivity index (χ4v) is 2.44. The molecular weight excluding hydrogens is 136 g/mol. The van der Waals surface area contributed by atoms with Crippen LogP contribution in [0, 0.1) is 5.92 Å². The average Bonchev–Trinajstić information content (AvgIpc) is 2.45. The van der Waals surface area contributed by atoms with E-state index in [0.29, 0.717) is 5.60 Å². The molecule has 0 N–H and O–H groups in total. The molecule has 64 valence electrons. The molecule has 0 aromatic heterocycles. The van der Waals surface area contributed by atoms with Crippen molar-refractivity contribution in [2.75, 3.05) is 6.61 Å². The van der Waals surface area contributed by atoms with Gasteiger partial charge in [-0.1, -0.05) is 6.92 Å². The van der Waals surface area contributed by atoms with E-state index in [4.69, 9.17) is 4.74 Å². The summed E-state index contributed by atoms with van der Waals surface area (Å²) in [6.45, 7) is 3.39. The summed E-state index contributed by atoms with van der Waals surface area (Å²) in [5.41, 5.74) is 0.354. The first-order valence-electron chi connectivity index (χ1n) is 4.95. The van der Waals surface area contributed by atoms with Gasteiger partial charge in [0.15, 0.2) is 0 Å². The first-order valence-corrected chi connectivity index (χ1v) is 4.95. The van der Waals surface area contributed by atoms with Crippen molar-refractivity contribution < 1.29 is 4.74 Å². The molecule has 0 atom stereocenters. The van der Waals surface area contributed by atoms with Gasteiger partial charge < -0.3 is 4.74 Å². The van der Waals surface area contributed by atoms with Crippen LogP contribution in [0.4, 0.5) is 0 Å². The summed E-state index contributed by atoms with van der Waals surface area (Å²) >= 11 is 0. The first kappa shape index (κ1) is 7.60. The summed E-state index contributed by atoms with van der Waals surface area (Å²) < 4.78 is 5.83. The summed E-state index contributed by atoms with van der Waals surface area (Å²) in [6.07, 6.45) is 8.07. The lowest BCUT2D eigenvalue weighted by atomic mass is 9.78. The molecule has 0 aromatic rings. The van der Waals surface area contributed by atoms with Crippen LogP contribution in [0.15, 0.2) is 0 Å². The van der Waals surface area contributed by atoms with E-state index in [0.717, 1.165) is 12.5 Å². The van der Waals surface area contributed by atoms with Crippen LogP contribution in [0.5, 0.6) is 0 Å². The van der Waals surface area contributed by atoms with Crippen LogP contribution in [0.1, 0.15) is 45.4 Å². The lowest BCUT2D eigenvalue weighted by Gasteiger charge is -2.35. The number of rotatable bonds is 0. The highest BCUT2D eigenvalue weighted by Gasteiger charge is 2.37. The molecule has 0 radical (unpaired) electrons. The third kappa shape index (κ3) is 1.44. The summed E-state index contributed by atoms with van der Waals surface area (Å²) in [4.78, 5) is 0. The predicted molar refractivity (Wildman–Crippen MR) is 45.5 cm³/mol. The summed E-state index contributed by atoms with van der Waals surface area (Å²) in [6, 6.07) is 0. The molecule has 1 aliphatic heterocycles. The van der Waals surface area contributed by atoms with Crippen LogP contribution in [-0.2, 0) is 4.74 Å². The minimum atomic E-state index is 0.354. The van der Waals surface area contributed by atoms with Crippen molar-refractivity contribution in [2.45, 2.75) is 51.0 Å². The third-order valence-electron chi connectivity index (χ3n) is 3.37. The summed E-state index contributed by atoms with van der Waals surface area (Å²) in [7, 11) is 0. The van der Waals surface area contributed by atoms with Crippen molar-refractivity contribution in [1.82, 2.24) is 0 Å². The third-order valence-corrected chi connectivity index (χ3v) is 3.37. The van der Waals surface area contributed by atoms with Gasteiger partial charge in [-0.3, -0.25) is 0 Å². The molecule has 1 nitrogen and oxygen atoms in total. The quantitative estimate of drug-likeness (QED) is 0.521. The Morgan fingerprint density at radius 3 is 2.45 bits per heavy atom. The maximum atomic E-state index is 5.83. The predicted octanol–water partition coefficient (Wildman–Crippen LogP) is 2.75. The molecule has 1 aliphatic carbocycles. The molecule has 11 heavy (non-hydrogen) atoms. The van der Waals surface area contributed by atoms with Gasteiger partial charge >= 0.3 is 0 Å². The average molecular weight is 154 g/mol. The van der Waals surface area contributed by atoms with E-state index in [1.165, 1.54) is 38.5 Å². The minimum Gasteiger partial charge on any atom is -0.375 e. The lowest BCUT2D eigenvalue weighted by molar-refractivity contribution is -0.0330. The van der Waals surface area contributed by atoms with Crippen LogP contribution in [0.2, 0.25) is 0 Å². The van der Waals surface area contributed by atoms with Gasteiger partial charge in [-0.25, -0.2) is 0 Å². The Kier molecular flexibility index (Phi) is 1.92. The van der Waals surface area contributed by atoms with Gasteiger partial charge in [-0.2, -0.15) is 0 Å². The van der Waals surface area contributed by atoms with Crippen LogP contribution in [-0.4, -0.2) is 12.2 Å². The fourth-order valence-electron chi connectivity index (χ4n) is 2.44. The Labute approximate surface area is 69.1 Å². The van der Waals surface area contributed by atoms with Gasteiger partial charge in [0.25, 0.3) is 0 Å². The molecule has 1 saturated heterocycles. The van der Waals surface area contributed by atoms with Crippen LogP contribution >= 0.6 is 0 Å². The molecule has 0 amide bonds. The van der Waals surface area contributed by atoms with E-state index in [1.54, 1.807) is 0 Å². The van der Waals surface area contributed by atoms with Gasteiger partial charge in [-0.15, -0.1) is 0 Å². The zero-order chi connectivity index (χ0) is 7.73. The number of ether oxygens (including phenoxy) is 1. The number of hydrogen-bond donors (Lipinski definition) is 0. The van der Waals surface area contributed by atoms with Gasteiger partial charge in [0.05, 0.1) is 5.60 Å². The topological polar surface area (TPSA) is 9.23 Å². The van der Waals surface area contributed by atoms with E-state index >= 15 is 0 Å². The lowest BCUT2D eigenvalue weighted by Crippen LogP contribution is -2.32. The highest BCUT2D eigenvalue weighted by Crippen LogP contribution is 2.40. The maximum Gasteiger partial charge on any atom is 0.0683 e. The van der Waals surface area contributed by atoms with Crippen LogP contribution in [0.3, 0.4) is 0 Å². The molecule has 1 spiro atoms. The van der Waals surface area contributed by atoms with Crippen molar-refractivity contribution in [3.63, 3.8) is 0 Å². The Morgan fingerprint density at radius 1 is 1.18 bits per heavy atom. The van der Waals surface area contributed by atoms with Crippen molar-refractivity contribution in [3.05, 3.63) is 0 Å². The van der Waals surface area contributed by atoms with Crippen LogP contribution < -0.4 is 0 Å². The van der Waals surface area contributed by atoms with Crippen molar-refractivity contribution >= 4 is 0 Å². The highest BCUT2D eigenvalue weighted by atomic mass is 16.5. The Balaban J connectivity index is 1.94. The van der Waals surface area contributed by atoms with Gasteiger partial charge in [0.2, 0.25) is 0 Å². The number of hydrogen-bond acceptors (Lipinski definition) is 1. The second-order valence-electron chi connectivity index (χ2n) is 4.32. The molecule has 0 aromatic carbocycles. The second kappa shape index (κ2) is 2.78. The summed E-state index contributed by atoms with van der Waals surface area (Å²) in [5.74, 6) is 0.949. The molecule has 2 aliphatic rings. The van der Waals surface area contributed by atoms with E-state index in [2.05, 4.69) is 6.92 Å². The Bertz CT molecular complexity index is 126. The molecule has 1 heterocycles. The molecule has 0 unspecified atom stereocenters. The Hall–Kier alpha value is -0.0400. The smallest absolute Gasteiger partial charge is 0.0683 e. The van der Waals surface area contributed by atoms with Gasteiger partial charge in [-0.05, 0) is 44.4 Å². The zero-order valence-corrected chi connectivity index (χ0v) is 7.44. The molecule has 2 rings (SSSR count). The maximum absolute atomic E-state index is 5.83. The molecule has 1 heteroatoms. The highest BCUT2D eigenvalue weighted by molar-refractivity contribution is 4.89. The van der Waals surface area contributed by atoms with Crippen molar-refractivity contribution in [2.24, 2.45) is 5.92 Å². The van der Waals surface area contributed by atoms with Crippen molar-refractivity contribution in [1.29, 1.82) is 0 Å². The normalized spacial score (nSPS) is 45.0. The van der Waals surface area contributed by atoms with E-state index in [-0.39, 0.29) is 0 Å². The minimum absolute atomic E-state index is 0.354. The monoisotopic (exact) mass is 154 g/mol. The van der Waals surface area contributed by atoms with E-state index in [9.17, 15) is 0 Å². The largest absolute Gasteiger partial charge is 0.375 e. The second-order valence-corrected chi connectivity index (χ2v) is 4.32. The van der Waals surface area contributed by atoms with E-state index < -0.39 is 0 Å². The molecule has 0 bridgehead atoms. The van der Waals surface area contributed by atoms with Gasteiger partial charge in [0, 0.05) is 6.61 Å². The molecule has 1 saturated carbocycles. The SMILES string of the molecule is C[C@H]1CC[C@]2(CCCO2)CC1. The van der Waals surface area contributed by atoms with Crippen molar-refractivity contribution in [3.8, 4) is 0 Å².